The molecular formula is C7H11NO2. The number of hydrogen-bond acceptors (Lipinski definition) is 2. The molecule has 1 unspecified atom stereocenters. The molecule has 0 aromatic heterocycles. The van der Waals surface area contributed by atoms with Crippen LogP contribution in [0, 0.1) is 12.3 Å². The lowest BCUT2D eigenvalue weighted by Crippen LogP contribution is -2.19. The summed E-state index contributed by atoms with van der Waals surface area (Å²) in [6.45, 7) is 1.75. The van der Waals surface area contributed by atoms with E-state index in [0.29, 0.717) is 12.8 Å². The topological polar surface area (TPSA) is 52.3 Å². The second-order valence-corrected chi connectivity index (χ2v) is 1.99. The van der Waals surface area contributed by atoms with Crippen molar-refractivity contribution in [3.63, 3.8) is 0 Å². The fourth-order valence-corrected chi connectivity index (χ4v) is 0.544. The first-order valence-electron chi connectivity index (χ1n) is 3.06. The Morgan fingerprint density at radius 1 is 1.90 bits per heavy atom. The minimum Gasteiger partial charge on any atom is -0.447 e. The zero-order chi connectivity index (χ0) is 7.98. The predicted octanol–water partition coefficient (Wildman–Crippen LogP) is 0.884. The van der Waals surface area contributed by atoms with Gasteiger partial charge in [-0.05, 0) is 13.3 Å². The van der Waals surface area contributed by atoms with Crippen LogP contribution in [-0.2, 0) is 4.74 Å². The number of carbonyl (C=O) groups is 1. The molecule has 56 valence electrons. The minimum atomic E-state index is -0.746. The lowest BCUT2D eigenvalue weighted by Gasteiger charge is -2.07. The average molecular weight is 141 g/mol. The van der Waals surface area contributed by atoms with E-state index in [4.69, 9.17) is 12.2 Å². The fourth-order valence-electron chi connectivity index (χ4n) is 0.544. The molecule has 1 amide bonds. The number of rotatable bonds is 3. The third kappa shape index (κ3) is 4.98. The van der Waals surface area contributed by atoms with Crippen LogP contribution in [0.3, 0.4) is 0 Å². The molecule has 0 aliphatic rings. The highest BCUT2D eigenvalue weighted by atomic mass is 16.6. The Bertz CT molecular complexity index is 148. The van der Waals surface area contributed by atoms with Crippen LogP contribution in [-0.4, -0.2) is 12.2 Å². The first-order chi connectivity index (χ1) is 4.66. The number of primary amides is 1. The van der Waals surface area contributed by atoms with E-state index in [9.17, 15) is 4.79 Å². The molecule has 10 heavy (non-hydrogen) atoms. The summed E-state index contributed by atoms with van der Waals surface area (Å²) in [5.41, 5.74) is 4.75. The molecule has 0 aliphatic carbocycles. The van der Waals surface area contributed by atoms with E-state index in [1.807, 2.05) is 0 Å². The largest absolute Gasteiger partial charge is 0.447 e. The van der Waals surface area contributed by atoms with Crippen molar-refractivity contribution < 1.29 is 9.53 Å². The average Bonchev–Trinajstić information content (AvgIpc) is 1.82. The van der Waals surface area contributed by atoms with Crippen LogP contribution < -0.4 is 5.73 Å². The Labute approximate surface area is 60.5 Å². The second kappa shape index (κ2) is 4.68. The molecule has 1 atom stereocenters. The number of amides is 1. The Hall–Kier alpha value is -1.17. The summed E-state index contributed by atoms with van der Waals surface area (Å²) in [7, 11) is 0. The molecule has 3 nitrogen and oxygen atoms in total. The summed E-state index contributed by atoms with van der Waals surface area (Å²) in [6, 6.07) is 0. The van der Waals surface area contributed by atoms with Gasteiger partial charge in [-0.2, -0.15) is 0 Å². The molecule has 0 spiro atoms. The molecule has 0 aliphatic heterocycles. The van der Waals surface area contributed by atoms with E-state index in [2.05, 4.69) is 10.7 Å². The van der Waals surface area contributed by atoms with Gasteiger partial charge in [0.05, 0.1) is 0 Å². The molecule has 0 radical (unpaired) electrons. The summed E-state index contributed by atoms with van der Waals surface area (Å²) in [4.78, 5) is 10.1. The number of nitrogens with two attached hydrogens (primary N) is 1. The van der Waals surface area contributed by atoms with Gasteiger partial charge in [0.2, 0.25) is 0 Å². The van der Waals surface area contributed by atoms with Gasteiger partial charge in [-0.25, -0.2) is 4.79 Å². The second-order valence-electron chi connectivity index (χ2n) is 1.99. The predicted molar refractivity (Wildman–Crippen MR) is 38.2 cm³/mol. The third-order valence-electron chi connectivity index (χ3n) is 1.01. The molecule has 0 rings (SSSR count). The van der Waals surface area contributed by atoms with E-state index in [1.54, 1.807) is 6.92 Å². The highest BCUT2D eigenvalue weighted by molar-refractivity contribution is 5.64. The quantitative estimate of drug-likeness (QED) is 0.593. The van der Waals surface area contributed by atoms with E-state index in [0.717, 1.165) is 0 Å². The lowest BCUT2D eigenvalue weighted by molar-refractivity contribution is 0.112. The first kappa shape index (κ1) is 8.83. The Morgan fingerprint density at radius 2 is 2.50 bits per heavy atom. The maximum Gasteiger partial charge on any atom is 0.404 e. The number of ether oxygens (including phenoxy) is 1. The smallest absolute Gasteiger partial charge is 0.404 e. The zero-order valence-corrected chi connectivity index (χ0v) is 5.96. The van der Waals surface area contributed by atoms with E-state index in [1.165, 1.54) is 0 Å². The monoisotopic (exact) mass is 141 g/mol. The van der Waals surface area contributed by atoms with Crippen LogP contribution >= 0.6 is 0 Å². The van der Waals surface area contributed by atoms with Crippen LogP contribution in [0.15, 0.2) is 0 Å². The minimum absolute atomic E-state index is 0.173. The molecular weight excluding hydrogens is 130 g/mol. The van der Waals surface area contributed by atoms with E-state index in [-0.39, 0.29) is 6.10 Å². The highest BCUT2D eigenvalue weighted by Gasteiger charge is 2.03. The lowest BCUT2D eigenvalue weighted by atomic mass is 10.2. The molecule has 0 aromatic rings. The van der Waals surface area contributed by atoms with Crippen molar-refractivity contribution in [1.29, 1.82) is 0 Å². The van der Waals surface area contributed by atoms with Crippen LogP contribution in [0.4, 0.5) is 4.79 Å². The normalized spacial score (nSPS) is 11.6. The van der Waals surface area contributed by atoms with Gasteiger partial charge >= 0.3 is 6.09 Å². The van der Waals surface area contributed by atoms with Gasteiger partial charge in [-0.3, -0.25) is 0 Å². The fraction of sp³-hybridized carbons (Fsp3) is 0.571. The van der Waals surface area contributed by atoms with Crippen molar-refractivity contribution in [2.45, 2.75) is 25.9 Å². The summed E-state index contributed by atoms with van der Waals surface area (Å²) in [5.74, 6) is 2.44. The van der Waals surface area contributed by atoms with Gasteiger partial charge in [0.25, 0.3) is 0 Å². The van der Waals surface area contributed by atoms with Crippen LogP contribution in [0.5, 0.6) is 0 Å². The van der Waals surface area contributed by atoms with E-state index >= 15 is 0 Å². The van der Waals surface area contributed by atoms with Crippen LogP contribution in [0.1, 0.15) is 19.8 Å². The summed E-state index contributed by atoms with van der Waals surface area (Å²) in [5, 5.41) is 0. The Morgan fingerprint density at radius 3 is 2.90 bits per heavy atom. The molecule has 3 heteroatoms. The Balaban J connectivity index is 3.36. The number of terminal acetylenes is 1. The standard InChI is InChI=1S/C7H11NO2/c1-3-4-5-6(2)10-7(8)9/h1,6H,4-5H2,2H3,(H2,8,9). The molecule has 0 saturated heterocycles. The molecule has 0 aromatic carbocycles. The van der Waals surface area contributed by atoms with E-state index < -0.39 is 6.09 Å². The molecule has 2 N–H and O–H groups in total. The summed E-state index contributed by atoms with van der Waals surface area (Å²) in [6.07, 6.45) is 5.34. The number of hydrogen-bond donors (Lipinski definition) is 1. The highest BCUT2D eigenvalue weighted by Crippen LogP contribution is 1.99. The van der Waals surface area contributed by atoms with Gasteiger partial charge in [0, 0.05) is 6.42 Å². The van der Waals surface area contributed by atoms with Gasteiger partial charge in [0.1, 0.15) is 6.10 Å². The van der Waals surface area contributed by atoms with Crippen molar-refractivity contribution in [2.24, 2.45) is 5.73 Å². The molecule has 0 saturated carbocycles. The van der Waals surface area contributed by atoms with Gasteiger partial charge in [-0.15, -0.1) is 12.3 Å². The third-order valence-corrected chi connectivity index (χ3v) is 1.01. The number of carbonyl (C=O) groups excluding carboxylic acids is 1. The Kier molecular flexibility index (Phi) is 4.14. The summed E-state index contributed by atoms with van der Waals surface area (Å²) >= 11 is 0. The summed E-state index contributed by atoms with van der Waals surface area (Å²) < 4.78 is 4.60. The molecule has 0 fully saturated rings. The zero-order valence-electron chi connectivity index (χ0n) is 5.96. The van der Waals surface area contributed by atoms with Crippen LogP contribution in [0.2, 0.25) is 0 Å². The van der Waals surface area contributed by atoms with Crippen LogP contribution in [0.25, 0.3) is 0 Å². The first-order valence-corrected chi connectivity index (χ1v) is 3.06. The van der Waals surface area contributed by atoms with Crippen molar-refractivity contribution in [1.82, 2.24) is 0 Å². The van der Waals surface area contributed by atoms with Crippen molar-refractivity contribution >= 4 is 6.09 Å². The molecule has 0 heterocycles. The van der Waals surface area contributed by atoms with Gasteiger partial charge in [-0.1, -0.05) is 0 Å². The maximum absolute atomic E-state index is 10.1. The van der Waals surface area contributed by atoms with Crippen molar-refractivity contribution in [3.05, 3.63) is 0 Å². The van der Waals surface area contributed by atoms with Crippen molar-refractivity contribution in [3.8, 4) is 12.3 Å². The SMILES string of the molecule is C#CCCC(C)OC(N)=O. The van der Waals surface area contributed by atoms with Crippen molar-refractivity contribution in [2.75, 3.05) is 0 Å². The molecule has 0 bridgehead atoms. The van der Waals surface area contributed by atoms with Gasteiger partial charge in [0.15, 0.2) is 0 Å². The maximum atomic E-state index is 10.1. The van der Waals surface area contributed by atoms with Gasteiger partial charge < -0.3 is 10.5 Å².